The second-order valence-corrected chi connectivity index (χ2v) is 9.29. The Morgan fingerprint density at radius 3 is 2.35 bits per heavy atom. The minimum atomic E-state index is 0.209. The third-order valence-corrected chi connectivity index (χ3v) is 7.58. The third-order valence-electron chi connectivity index (χ3n) is 7.58. The number of rotatable bonds is 1. The van der Waals surface area contributed by atoms with E-state index in [0.717, 1.165) is 23.6 Å². The number of para-hydroxylation sites is 5. The summed E-state index contributed by atoms with van der Waals surface area (Å²) in [5.41, 5.74) is 10.3. The van der Waals surface area contributed by atoms with E-state index in [1.165, 1.54) is 39.2 Å². The molecule has 0 aromatic heterocycles. The molecule has 160 valence electrons. The van der Waals surface area contributed by atoms with Crippen molar-refractivity contribution >= 4 is 40.4 Å². The molecule has 3 aliphatic heterocycles. The highest BCUT2D eigenvalue weighted by Gasteiger charge is 2.49. The van der Waals surface area contributed by atoms with E-state index in [0.29, 0.717) is 0 Å². The number of benzene rings is 4. The fourth-order valence-electron chi connectivity index (χ4n) is 6.33. The van der Waals surface area contributed by atoms with Gasteiger partial charge in [-0.2, -0.15) is 0 Å². The highest BCUT2D eigenvalue weighted by atomic mass is 16.5. The lowest BCUT2D eigenvalue weighted by Crippen LogP contribution is -2.61. The fourth-order valence-corrected chi connectivity index (χ4v) is 6.33. The first-order valence-corrected chi connectivity index (χ1v) is 11.9. The molecule has 0 saturated heterocycles. The van der Waals surface area contributed by atoms with Gasteiger partial charge in [0.25, 0.3) is 0 Å². The van der Waals surface area contributed by atoms with Crippen LogP contribution >= 0.6 is 0 Å². The maximum Gasteiger partial charge on any atom is 0.247 e. The maximum atomic E-state index is 6.43. The quantitative estimate of drug-likeness (QED) is 0.350. The Balaban J connectivity index is 1.47. The summed E-state index contributed by atoms with van der Waals surface area (Å²) in [6.07, 6.45) is 5.65. The van der Waals surface area contributed by atoms with Crippen molar-refractivity contribution in [2.75, 3.05) is 9.80 Å². The Kier molecular flexibility index (Phi) is 3.59. The van der Waals surface area contributed by atoms with E-state index in [1.807, 2.05) is 0 Å². The fraction of sp³-hybridized carbons (Fsp3) is 0.0667. The van der Waals surface area contributed by atoms with Crippen LogP contribution in [-0.2, 0) is 0 Å². The molecule has 0 saturated carbocycles. The zero-order valence-electron chi connectivity index (χ0n) is 18.6. The molecule has 1 atom stereocenters. The van der Waals surface area contributed by atoms with Crippen molar-refractivity contribution in [3.63, 3.8) is 0 Å². The second-order valence-electron chi connectivity index (χ2n) is 9.29. The molecule has 0 amide bonds. The Hall–Kier alpha value is -4.18. The first-order chi connectivity index (χ1) is 16.9. The standard InChI is InChI=1S/C30H21BN2O/c1-2-10-20(11-3-1)32-23-14-5-4-12-21(23)31-22-13-8-19-28-30(22)33(24-15-6-7-18-27(24)34-28)26-17-9-16-25(32)29(26)31/h1-16,18-19,26H,17H2. The van der Waals surface area contributed by atoms with Crippen LogP contribution in [0.1, 0.15) is 6.42 Å². The molecule has 3 nitrogen and oxygen atoms in total. The van der Waals surface area contributed by atoms with Gasteiger partial charge in [-0.1, -0.05) is 66.7 Å². The van der Waals surface area contributed by atoms with E-state index in [1.54, 1.807) is 0 Å². The van der Waals surface area contributed by atoms with E-state index in [9.17, 15) is 0 Å². The lowest BCUT2D eigenvalue weighted by atomic mass is 9.31. The topological polar surface area (TPSA) is 15.7 Å². The van der Waals surface area contributed by atoms with Crippen molar-refractivity contribution in [3.05, 3.63) is 120 Å². The van der Waals surface area contributed by atoms with Crippen LogP contribution in [0, 0.1) is 0 Å². The minimum absolute atomic E-state index is 0.209. The molecule has 4 aromatic carbocycles. The summed E-state index contributed by atoms with van der Waals surface area (Å²) in [6, 6.07) is 34.9. The van der Waals surface area contributed by atoms with Gasteiger partial charge in [0.15, 0.2) is 11.5 Å². The van der Waals surface area contributed by atoms with Crippen LogP contribution in [0.3, 0.4) is 0 Å². The van der Waals surface area contributed by atoms with Gasteiger partial charge in [-0.05, 0) is 65.3 Å². The number of ether oxygens (including phenoxy) is 1. The highest BCUT2D eigenvalue weighted by Crippen LogP contribution is 2.53. The zero-order chi connectivity index (χ0) is 22.2. The molecule has 8 rings (SSSR count). The smallest absolute Gasteiger partial charge is 0.247 e. The number of hydrogen-bond acceptors (Lipinski definition) is 3. The molecule has 4 heteroatoms. The van der Waals surface area contributed by atoms with Gasteiger partial charge < -0.3 is 14.5 Å². The molecule has 1 unspecified atom stereocenters. The summed E-state index contributed by atoms with van der Waals surface area (Å²) in [7, 11) is 0. The van der Waals surface area contributed by atoms with Crippen LogP contribution < -0.4 is 25.5 Å². The van der Waals surface area contributed by atoms with Crippen LogP contribution in [0.5, 0.6) is 11.5 Å². The number of anilines is 4. The van der Waals surface area contributed by atoms with E-state index in [-0.39, 0.29) is 12.8 Å². The first-order valence-electron chi connectivity index (χ1n) is 11.9. The monoisotopic (exact) mass is 436 g/mol. The van der Waals surface area contributed by atoms with Crippen molar-refractivity contribution in [2.24, 2.45) is 0 Å². The van der Waals surface area contributed by atoms with E-state index in [4.69, 9.17) is 4.74 Å². The molecule has 0 radical (unpaired) electrons. The SMILES string of the molecule is C1=CC2=C3B(c4ccccc4N2c2ccccc2)c2cccc4c2N(c2ccccc2O4)C3C1. The summed E-state index contributed by atoms with van der Waals surface area (Å²) in [5, 5.41) is 0. The Bertz CT molecular complexity index is 1540. The number of allylic oxidation sites excluding steroid dienone is 1. The van der Waals surface area contributed by atoms with Gasteiger partial charge in [0.1, 0.15) is 0 Å². The van der Waals surface area contributed by atoms with Crippen LogP contribution in [0.15, 0.2) is 120 Å². The number of fused-ring (bicyclic) bond motifs is 6. The lowest BCUT2D eigenvalue weighted by molar-refractivity contribution is 0.469. The molecular formula is C30H21BN2O. The van der Waals surface area contributed by atoms with Gasteiger partial charge in [-0.15, -0.1) is 0 Å². The van der Waals surface area contributed by atoms with Crippen molar-refractivity contribution in [1.82, 2.24) is 0 Å². The Morgan fingerprint density at radius 1 is 0.706 bits per heavy atom. The summed E-state index contributed by atoms with van der Waals surface area (Å²) >= 11 is 0. The van der Waals surface area contributed by atoms with Crippen molar-refractivity contribution in [1.29, 1.82) is 0 Å². The summed E-state index contributed by atoms with van der Waals surface area (Å²) in [5.74, 6) is 1.88. The zero-order valence-corrected chi connectivity index (χ0v) is 18.6. The average Bonchev–Trinajstić information content (AvgIpc) is 2.90. The normalized spacial score (nSPS) is 18.6. The van der Waals surface area contributed by atoms with Crippen molar-refractivity contribution in [3.8, 4) is 11.5 Å². The van der Waals surface area contributed by atoms with Crippen LogP contribution in [0.25, 0.3) is 0 Å². The molecule has 34 heavy (non-hydrogen) atoms. The van der Waals surface area contributed by atoms with E-state index >= 15 is 0 Å². The van der Waals surface area contributed by atoms with Gasteiger partial charge >= 0.3 is 0 Å². The minimum Gasteiger partial charge on any atom is -0.453 e. The summed E-state index contributed by atoms with van der Waals surface area (Å²) < 4.78 is 6.43. The molecular weight excluding hydrogens is 415 g/mol. The first kappa shape index (κ1) is 18.3. The second kappa shape index (κ2) is 6.67. The van der Waals surface area contributed by atoms with Crippen LogP contribution in [-0.4, -0.2) is 12.8 Å². The molecule has 0 N–H and O–H groups in total. The Labute approximate surface area is 199 Å². The highest BCUT2D eigenvalue weighted by molar-refractivity contribution is 6.94. The van der Waals surface area contributed by atoms with E-state index in [2.05, 4.69) is 119 Å². The lowest BCUT2D eigenvalue weighted by Gasteiger charge is -2.51. The molecule has 0 fully saturated rings. The molecule has 0 spiro atoms. The van der Waals surface area contributed by atoms with Crippen LogP contribution in [0.2, 0.25) is 0 Å². The van der Waals surface area contributed by atoms with Gasteiger partial charge in [0, 0.05) is 17.1 Å². The predicted molar refractivity (Wildman–Crippen MR) is 140 cm³/mol. The average molecular weight is 436 g/mol. The largest absolute Gasteiger partial charge is 0.453 e. The van der Waals surface area contributed by atoms with Gasteiger partial charge in [-0.25, -0.2) is 0 Å². The predicted octanol–water partition coefficient (Wildman–Crippen LogP) is 5.83. The third kappa shape index (κ3) is 2.27. The number of hydrogen-bond donors (Lipinski definition) is 0. The molecule has 4 aliphatic rings. The van der Waals surface area contributed by atoms with Gasteiger partial charge in [0.2, 0.25) is 6.71 Å². The molecule has 3 heterocycles. The summed E-state index contributed by atoms with van der Waals surface area (Å²) in [4.78, 5) is 4.99. The summed E-state index contributed by atoms with van der Waals surface area (Å²) in [6.45, 7) is 0.209. The van der Waals surface area contributed by atoms with Crippen molar-refractivity contribution < 1.29 is 4.74 Å². The maximum absolute atomic E-state index is 6.43. The van der Waals surface area contributed by atoms with Gasteiger partial charge in [0.05, 0.1) is 17.4 Å². The number of nitrogens with zero attached hydrogens (tertiary/aromatic N) is 2. The Morgan fingerprint density at radius 2 is 1.44 bits per heavy atom. The molecule has 1 aliphatic carbocycles. The molecule has 4 aromatic rings. The van der Waals surface area contributed by atoms with Gasteiger partial charge in [-0.3, -0.25) is 0 Å². The molecule has 0 bridgehead atoms. The van der Waals surface area contributed by atoms with E-state index < -0.39 is 0 Å². The van der Waals surface area contributed by atoms with Crippen LogP contribution in [0.4, 0.5) is 22.7 Å². The van der Waals surface area contributed by atoms with Crippen molar-refractivity contribution in [2.45, 2.75) is 12.5 Å².